The molecule has 2 aromatic rings. The van der Waals surface area contributed by atoms with Gasteiger partial charge in [-0.25, -0.2) is 0 Å². The third kappa shape index (κ3) is 4.87. The van der Waals surface area contributed by atoms with E-state index in [1.54, 1.807) is 23.1 Å². The molecule has 0 bridgehead atoms. The summed E-state index contributed by atoms with van der Waals surface area (Å²) in [4.78, 5) is 16.7. The largest absolute Gasteiger partial charge is 0.350 e. The van der Waals surface area contributed by atoms with Gasteiger partial charge >= 0.3 is 0 Å². The zero-order valence-corrected chi connectivity index (χ0v) is 14.8. The summed E-state index contributed by atoms with van der Waals surface area (Å²) in [6.45, 7) is 3.32. The van der Waals surface area contributed by atoms with Crippen LogP contribution in [0.15, 0.2) is 46.7 Å². The number of carbonyl (C=O) groups is 1. The van der Waals surface area contributed by atoms with Crippen LogP contribution in [0.5, 0.6) is 0 Å². The molecule has 1 heterocycles. The van der Waals surface area contributed by atoms with Crippen LogP contribution in [0.25, 0.3) is 0 Å². The molecular weight excluding hydrogens is 312 g/mol. The lowest BCUT2D eigenvalue weighted by Crippen LogP contribution is -2.42. The Morgan fingerprint density at radius 1 is 1.32 bits per heavy atom. The molecule has 0 unspecified atom stereocenters. The van der Waals surface area contributed by atoms with Gasteiger partial charge in [-0.2, -0.15) is 0 Å². The fourth-order valence-corrected chi connectivity index (χ4v) is 3.14. The van der Waals surface area contributed by atoms with E-state index in [2.05, 4.69) is 40.7 Å². The second-order valence-corrected chi connectivity index (χ2v) is 7.15. The van der Waals surface area contributed by atoms with E-state index in [1.165, 1.54) is 15.3 Å². The molecule has 0 saturated heterocycles. The number of thioether (sulfide) groups is 1. The second kappa shape index (κ2) is 8.36. The van der Waals surface area contributed by atoms with Crippen molar-refractivity contribution in [2.75, 3.05) is 13.3 Å². The Hall–Kier alpha value is -1.30. The molecule has 5 heteroatoms. The van der Waals surface area contributed by atoms with E-state index in [1.807, 2.05) is 31.5 Å². The highest BCUT2D eigenvalue weighted by molar-refractivity contribution is 7.98. The molecule has 0 aliphatic rings. The third-order valence-electron chi connectivity index (χ3n) is 3.65. The number of nitrogens with zero attached hydrogens (tertiary/aromatic N) is 1. The summed E-state index contributed by atoms with van der Waals surface area (Å²) in [7, 11) is 1.98. The maximum Gasteiger partial charge on any atom is 0.237 e. The molecule has 0 spiro atoms. The quantitative estimate of drug-likeness (QED) is 0.785. The molecule has 22 heavy (non-hydrogen) atoms. The van der Waals surface area contributed by atoms with Gasteiger partial charge < -0.3 is 5.32 Å². The Morgan fingerprint density at radius 3 is 2.64 bits per heavy atom. The van der Waals surface area contributed by atoms with Crippen molar-refractivity contribution >= 4 is 29.0 Å². The Kier molecular flexibility index (Phi) is 6.49. The van der Waals surface area contributed by atoms with Crippen LogP contribution in [0.3, 0.4) is 0 Å². The first-order valence-corrected chi connectivity index (χ1v) is 9.34. The lowest BCUT2D eigenvalue weighted by molar-refractivity contribution is -0.125. The van der Waals surface area contributed by atoms with E-state index in [9.17, 15) is 4.79 Å². The van der Waals surface area contributed by atoms with Crippen molar-refractivity contribution in [1.29, 1.82) is 0 Å². The number of hydrogen-bond donors (Lipinski definition) is 1. The van der Waals surface area contributed by atoms with Crippen LogP contribution in [0.4, 0.5) is 0 Å². The summed E-state index contributed by atoms with van der Waals surface area (Å²) in [6, 6.07) is 12.4. The number of benzene rings is 1. The predicted octanol–water partition coefficient (Wildman–Crippen LogP) is 3.61. The van der Waals surface area contributed by atoms with Crippen LogP contribution < -0.4 is 5.32 Å². The minimum absolute atomic E-state index is 0.0663. The van der Waals surface area contributed by atoms with Crippen LogP contribution in [0, 0.1) is 0 Å². The highest BCUT2D eigenvalue weighted by atomic mass is 32.2. The second-order valence-electron chi connectivity index (χ2n) is 5.24. The van der Waals surface area contributed by atoms with Gasteiger partial charge in [-0.1, -0.05) is 18.2 Å². The molecule has 0 fully saturated rings. The Balaban J connectivity index is 1.84. The Labute approximate surface area is 140 Å². The topological polar surface area (TPSA) is 32.3 Å². The number of carbonyl (C=O) groups excluding carboxylic acids is 1. The first-order chi connectivity index (χ1) is 10.6. The molecule has 1 aromatic heterocycles. The molecular formula is C17H22N2OS2. The minimum atomic E-state index is -0.153. The average Bonchev–Trinajstić information content (AvgIpc) is 3.06. The highest BCUT2D eigenvalue weighted by Crippen LogP contribution is 2.16. The molecule has 2 rings (SSSR count). The first-order valence-electron chi connectivity index (χ1n) is 7.23. The van der Waals surface area contributed by atoms with Crippen molar-refractivity contribution in [3.63, 3.8) is 0 Å². The fourth-order valence-electron chi connectivity index (χ4n) is 2.09. The van der Waals surface area contributed by atoms with Gasteiger partial charge in [-0.3, -0.25) is 9.69 Å². The minimum Gasteiger partial charge on any atom is -0.350 e. The van der Waals surface area contributed by atoms with Crippen molar-refractivity contribution in [2.24, 2.45) is 0 Å². The number of hydrogen-bond acceptors (Lipinski definition) is 4. The van der Waals surface area contributed by atoms with Gasteiger partial charge in [0.25, 0.3) is 0 Å². The normalized spacial score (nSPS) is 12.4. The van der Waals surface area contributed by atoms with Crippen LogP contribution >= 0.6 is 23.1 Å². The summed E-state index contributed by atoms with van der Waals surface area (Å²) >= 11 is 3.40. The molecule has 1 amide bonds. The first kappa shape index (κ1) is 17.1. The van der Waals surface area contributed by atoms with Gasteiger partial charge in [0.05, 0.1) is 12.6 Å². The predicted molar refractivity (Wildman–Crippen MR) is 95.3 cm³/mol. The van der Waals surface area contributed by atoms with Gasteiger partial charge in [0.2, 0.25) is 5.91 Å². The standard InChI is InChI=1S/C17H22N2OS2/c1-13(17(20)18-11-16-5-4-10-22-16)19(2)12-14-6-8-15(21-3)9-7-14/h4-10,13H,11-12H2,1-3H3,(H,18,20)/t13-/m0/s1. The SMILES string of the molecule is CSc1ccc(CN(C)[C@@H](C)C(=O)NCc2cccs2)cc1. The van der Waals surface area contributed by atoms with Crippen LogP contribution in [0.2, 0.25) is 0 Å². The molecule has 0 aliphatic heterocycles. The van der Waals surface area contributed by atoms with Crippen molar-refractivity contribution < 1.29 is 4.79 Å². The Morgan fingerprint density at radius 2 is 2.05 bits per heavy atom. The summed E-state index contributed by atoms with van der Waals surface area (Å²) < 4.78 is 0. The number of thiophene rings is 1. The van der Waals surface area contributed by atoms with Crippen LogP contribution in [-0.4, -0.2) is 30.2 Å². The van der Waals surface area contributed by atoms with Gasteiger partial charge in [-0.15, -0.1) is 23.1 Å². The van der Waals surface area contributed by atoms with Gasteiger partial charge in [0.15, 0.2) is 0 Å². The van der Waals surface area contributed by atoms with Crippen molar-refractivity contribution in [3.05, 3.63) is 52.2 Å². The van der Waals surface area contributed by atoms with Crippen LogP contribution in [0.1, 0.15) is 17.4 Å². The maximum atomic E-state index is 12.2. The lowest BCUT2D eigenvalue weighted by Gasteiger charge is -2.24. The summed E-state index contributed by atoms with van der Waals surface area (Å²) in [5, 5.41) is 5.02. The number of amides is 1. The van der Waals surface area contributed by atoms with E-state index in [4.69, 9.17) is 0 Å². The monoisotopic (exact) mass is 334 g/mol. The van der Waals surface area contributed by atoms with E-state index in [0.29, 0.717) is 6.54 Å². The lowest BCUT2D eigenvalue weighted by atomic mass is 10.2. The molecule has 3 nitrogen and oxygen atoms in total. The molecule has 118 valence electrons. The van der Waals surface area contributed by atoms with E-state index in [0.717, 1.165) is 6.54 Å². The third-order valence-corrected chi connectivity index (χ3v) is 5.27. The van der Waals surface area contributed by atoms with Gasteiger partial charge in [0.1, 0.15) is 0 Å². The average molecular weight is 335 g/mol. The number of nitrogens with one attached hydrogen (secondary N) is 1. The van der Waals surface area contributed by atoms with Crippen molar-refractivity contribution in [3.8, 4) is 0 Å². The van der Waals surface area contributed by atoms with E-state index < -0.39 is 0 Å². The maximum absolute atomic E-state index is 12.2. The highest BCUT2D eigenvalue weighted by Gasteiger charge is 2.17. The number of rotatable bonds is 7. The van der Waals surface area contributed by atoms with Crippen molar-refractivity contribution in [1.82, 2.24) is 10.2 Å². The van der Waals surface area contributed by atoms with Gasteiger partial charge in [0, 0.05) is 16.3 Å². The molecule has 1 aromatic carbocycles. The van der Waals surface area contributed by atoms with E-state index in [-0.39, 0.29) is 11.9 Å². The Bertz CT molecular complexity index is 581. The fraction of sp³-hybridized carbons (Fsp3) is 0.353. The molecule has 0 saturated carbocycles. The summed E-state index contributed by atoms with van der Waals surface area (Å²) in [6.07, 6.45) is 2.07. The van der Waals surface area contributed by atoms with Crippen molar-refractivity contribution in [2.45, 2.75) is 31.0 Å². The molecule has 1 N–H and O–H groups in total. The van der Waals surface area contributed by atoms with E-state index >= 15 is 0 Å². The van der Waals surface area contributed by atoms with Gasteiger partial charge in [-0.05, 0) is 49.4 Å². The smallest absolute Gasteiger partial charge is 0.237 e. The number of likely N-dealkylation sites (N-methyl/N-ethyl adjacent to an activating group) is 1. The zero-order chi connectivity index (χ0) is 15.9. The molecule has 0 radical (unpaired) electrons. The summed E-state index contributed by atoms with van der Waals surface area (Å²) in [5.74, 6) is 0.0663. The summed E-state index contributed by atoms with van der Waals surface area (Å²) in [5.41, 5.74) is 1.22. The molecule has 0 aliphatic carbocycles. The molecule has 1 atom stereocenters. The zero-order valence-electron chi connectivity index (χ0n) is 13.2. The van der Waals surface area contributed by atoms with Crippen LogP contribution in [-0.2, 0) is 17.9 Å².